The van der Waals surface area contributed by atoms with E-state index < -0.39 is 18.4 Å². The van der Waals surface area contributed by atoms with Crippen molar-refractivity contribution in [2.24, 2.45) is 0 Å². The van der Waals surface area contributed by atoms with Gasteiger partial charge in [-0.15, -0.1) is 0 Å². The Morgan fingerprint density at radius 3 is 1.62 bits per heavy atom. The van der Waals surface area contributed by atoms with E-state index in [1.165, 1.54) is 56.9 Å². The predicted molar refractivity (Wildman–Crippen MR) is 134 cm³/mol. The standard InChI is InChI=1S/C16H17.3C4H9.Sn/c1-14(16-10-6-3-7-11-16)12-13-15-8-4-2-5-9-15;3*1-3-4-2;/h2-11,14H,1,12-13H2;3*1,3-4H2,2H3;/t14-;;;;/m0..../s1. The molecule has 1 atom stereocenters. The van der Waals surface area contributed by atoms with Crippen LogP contribution >= 0.6 is 0 Å². The number of aryl methyl sites for hydroxylation is 1. The average molecular weight is 499 g/mol. The fourth-order valence-corrected chi connectivity index (χ4v) is 22.5. The summed E-state index contributed by atoms with van der Waals surface area (Å²) in [5, 5.41) is 0. The number of unbranched alkanes of at least 4 members (excludes halogenated alkanes) is 3. The maximum atomic E-state index is 2.41. The molecular weight excluding hydrogens is 455 g/mol. The van der Waals surface area contributed by atoms with Gasteiger partial charge in [-0.05, 0) is 0 Å². The Morgan fingerprint density at radius 2 is 1.14 bits per heavy atom. The molecule has 0 aromatic heterocycles. The van der Waals surface area contributed by atoms with Crippen molar-refractivity contribution < 1.29 is 0 Å². The van der Waals surface area contributed by atoms with E-state index in [1.807, 2.05) is 0 Å². The number of hydrogen-bond acceptors (Lipinski definition) is 0. The SMILES string of the molecule is CCC[CH2][Sn]([CH2]CCC)([CH2]CCC)[CH2][C@@H](CCc1ccccc1)c1ccccc1. The second kappa shape index (κ2) is 14.3. The van der Waals surface area contributed by atoms with Crippen LogP contribution in [0.2, 0.25) is 17.7 Å². The summed E-state index contributed by atoms with van der Waals surface area (Å²) in [6.07, 6.45) is 11.1. The zero-order valence-corrected chi connectivity index (χ0v) is 22.2. The molecular formula is C28H44Sn. The van der Waals surface area contributed by atoms with Crippen LogP contribution in [0.4, 0.5) is 0 Å². The molecule has 0 nitrogen and oxygen atoms in total. The maximum absolute atomic E-state index is 2.41. The molecule has 1 heteroatoms. The Labute approximate surface area is 185 Å². The fraction of sp³-hybridized carbons (Fsp3) is 0.571. The van der Waals surface area contributed by atoms with Crippen LogP contribution < -0.4 is 0 Å². The summed E-state index contributed by atoms with van der Waals surface area (Å²) in [5.74, 6) is 0.762. The summed E-state index contributed by atoms with van der Waals surface area (Å²) in [4.78, 5) is 0. The van der Waals surface area contributed by atoms with Crippen LogP contribution in [-0.4, -0.2) is 18.4 Å². The van der Waals surface area contributed by atoms with E-state index in [1.54, 1.807) is 23.3 Å². The molecule has 0 fully saturated rings. The van der Waals surface area contributed by atoms with Crippen molar-refractivity contribution >= 4 is 18.4 Å². The molecule has 0 aliphatic heterocycles. The number of rotatable bonds is 15. The summed E-state index contributed by atoms with van der Waals surface area (Å²) in [6, 6.07) is 22.7. The van der Waals surface area contributed by atoms with Gasteiger partial charge in [0.2, 0.25) is 0 Å². The molecule has 2 rings (SSSR count). The molecule has 0 N–H and O–H groups in total. The van der Waals surface area contributed by atoms with E-state index in [9.17, 15) is 0 Å². The molecule has 0 radical (unpaired) electrons. The first kappa shape index (κ1) is 24.5. The number of benzene rings is 2. The molecule has 0 bridgehead atoms. The quantitative estimate of drug-likeness (QED) is 0.214. The van der Waals surface area contributed by atoms with E-state index in [4.69, 9.17) is 0 Å². The van der Waals surface area contributed by atoms with Crippen LogP contribution in [0.25, 0.3) is 0 Å². The Morgan fingerprint density at radius 1 is 0.655 bits per heavy atom. The minimum atomic E-state index is -2.15. The van der Waals surface area contributed by atoms with Crippen LogP contribution in [0.15, 0.2) is 60.7 Å². The Balaban J connectivity index is 2.23. The monoisotopic (exact) mass is 500 g/mol. The van der Waals surface area contributed by atoms with Crippen molar-refractivity contribution in [2.75, 3.05) is 0 Å². The molecule has 160 valence electrons. The summed E-state index contributed by atoms with van der Waals surface area (Å²) in [7, 11) is 0. The number of hydrogen-bond donors (Lipinski definition) is 0. The first-order valence-corrected chi connectivity index (χ1v) is 20.4. The predicted octanol–water partition coefficient (Wildman–Crippen LogP) is 9.25. The Hall–Kier alpha value is -0.761. The molecule has 0 heterocycles. The van der Waals surface area contributed by atoms with Gasteiger partial charge in [-0.1, -0.05) is 0 Å². The van der Waals surface area contributed by atoms with E-state index in [0.29, 0.717) is 0 Å². The van der Waals surface area contributed by atoms with Crippen LogP contribution in [-0.2, 0) is 6.42 Å². The van der Waals surface area contributed by atoms with E-state index in [2.05, 4.69) is 81.4 Å². The Kier molecular flexibility index (Phi) is 12.1. The normalized spacial score (nSPS) is 12.8. The third-order valence-corrected chi connectivity index (χ3v) is 22.7. The van der Waals surface area contributed by atoms with Gasteiger partial charge < -0.3 is 0 Å². The van der Waals surface area contributed by atoms with E-state index >= 15 is 0 Å². The first-order valence-electron chi connectivity index (χ1n) is 12.3. The zero-order chi connectivity index (χ0) is 20.8. The van der Waals surface area contributed by atoms with Crippen LogP contribution in [0.1, 0.15) is 82.8 Å². The molecule has 0 saturated heterocycles. The van der Waals surface area contributed by atoms with Gasteiger partial charge in [-0.3, -0.25) is 0 Å². The van der Waals surface area contributed by atoms with Crippen LogP contribution in [0, 0.1) is 0 Å². The van der Waals surface area contributed by atoms with Crippen molar-refractivity contribution in [2.45, 2.75) is 95.8 Å². The van der Waals surface area contributed by atoms with E-state index in [-0.39, 0.29) is 0 Å². The van der Waals surface area contributed by atoms with Crippen molar-refractivity contribution in [3.8, 4) is 0 Å². The second-order valence-electron chi connectivity index (χ2n) is 9.15. The van der Waals surface area contributed by atoms with Crippen molar-refractivity contribution in [3.05, 3.63) is 71.8 Å². The summed E-state index contributed by atoms with van der Waals surface area (Å²) in [5.41, 5.74) is 3.11. The molecule has 0 aliphatic rings. The molecule has 0 amide bonds. The second-order valence-corrected chi connectivity index (χ2v) is 23.2. The van der Waals surface area contributed by atoms with Crippen molar-refractivity contribution in [1.82, 2.24) is 0 Å². The molecule has 0 unspecified atom stereocenters. The van der Waals surface area contributed by atoms with Gasteiger partial charge in [0.15, 0.2) is 0 Å². The Bertz CT molecular complexity index is 612. The molecule has 0 spiro atoms. The third-order valence-electron chi connectivity index (χ3n) is 6.76. The molecule has 2 aromatic rings. The first-order chi connectivity index (χ1) is 14.2. The summed E-state index contributed by atoms with van der Waals surface area (Å²) in [6.45, 7) is 7.17. The fourth-order valence-electron chi connectivity index (χ4n) is 4.96. The topological polar surface area (TPSA) is 0 Å². The van der Waals surface area contributed by atoms with Gasteiger partial charge in [-0.25, -0.2) is 0 Å². The summed E-state index contributed by atoms with van der Waals surface area (Å²) >= 11 is -2.15. The molecule has 2 aromatic carbocycles. The average Bonchev–Trinajstić information content (AvgIpc) is 2.78. The van der Waals surface area contributed by atoms with Gasteiger partial charge >= 0.3 is 186 Å². The van der Waals surface area contributed by atoms with Gasteiger partial charge in [-0.2, -0.15) is 0 Å². The van der Waals surface area contributed by atoms with E-state index in [0.717, 1.165) is 5.92 Å². The molecule has 29 heavy (non-hydrogen) atoms. The van der Waals surface area contributed by atoms with Gasteiger partial charge in [0.05, 0.1) is 0 Å². The van der Waals surface area contributed by atoms with Gasteiger partial charge in [0.1, 0.15) is 0 Å². The third kappa shape index (κ3) is 8.87. The van der Waals surface area contributed by atoms with Gasteiger partial charge in [0, 0.05) is 0 Å². The minimum absolute atomic E-state index is 0.762. The van der Waals surface area contributed by atoms with Crippen LogP contribution in [0.5, 0.6) is 0 Å². The van der Waals surface area contributed by atoms with Crippen LogP contribution in [0.3, 0.4) is 0 Å². The zero-order valence-electron chi connectivity index (χ0n) is 19.3. The van der Waals surface area contributed by atoms with Crippen molar-refractivity contribution in [1.29, 1.82) is 0 Å². The molecule has 0 aliphatic carbocycles. The van der Waals surface area contributed by atoms with Crippen molar-refractivity contribution in [3.63, 3.8) is 0 Å². The van der Waals surface area contributed by atoms with Gasteiger partial charge in [0.25, 0.3) is 0 Å². The molecule has 0 saturated carbocycles. The summed E-state index contributed by atoms with van der Waals surface area (Å²) < 4.78 is 6.45.